The maximum Gasteiger partial charge on any atom is 0.321 e. The van der Waals surface area contributed by atoms with Gasteiger partial charge in [0.25, 0.3) is 0 Å². The molecule has 0 radical (unpaired) electrons. The second kappa shape index (κ2) is 7.96. The molecule has 1 aromatic rings. The molecule has 0 heterocycles. The predicted octanol–water partition coefficient (Wildman–Crippen LogP) is 0.592. The average Bonchev–Trinajstić information content (AvgIpc) is 2.44. The summed E-state index contributed by atoms with van der Waals surface area (Å²) in [4.78, 5) is 11.5. The number of sulfonamides is 1. The summed E-state index contributed by atoms with van der Waals surface area (Å²) in [6.07, 6.45) is 0. The van der Waals surface area contributed by atoms with Gasteiger partial charge in [-0.1, -0.05) is 0 Å². The van der Waals surface area contributed by atoms with Gasteiger partial charge in [-0.2, -0.15) is 4.31 Å². The van der Waals surface area contributed by atoms with Crippen molar-refractivity contribution in [1.82, 2.24) is 4.31 Å². The molecule has 1 N–H and O–H groups in total. The summed E-state index contributed by atoms with van der Waals surface area (Å²) in [6.45, 7) is 1.61. The number of hydrogen-bond acceptors (Lipinski definition) is 6. The van der Waals surface area contributed by atoms with E-state index in [4.69, 9.17) is 9.47 Å². The SMILES string of the molecule is CCOC(=O)CN(CCOC)S(=O)(=O)c1ccc(O)cc1. The van der Waals surface area contributed by atoms with Crippen molar-refractivity contribution in [2.75, 3.05) is 33.4 Å². The highest BCUT2D eigenvalue weighted by molar-refractivity contribution is 7.89. The van der Waals surface area contributed by atoms with Crippen molar-refractivity contribution in [1.29, 1.82) is 0 Å². The van der Waals surface area contributed by atoms with E-state index in [-0.39, 0.29) is 36.9 Å². The zero-order chi connectivity index (χ0) is 15.9. The third-order valence-corrected chi connectivity index (χ3v) is 4.49. The van der Waals surface area contributed by atoms with Crippen molar-refractivity contribution in [3.63, 3.8) is 0 Å². The van der Waals surface area contributed by atoms with Crippen LogP contribution < -0.4 is 0 Å². The van der Waals surface area contributed by atoms with Gasteiger partial charge in [-0.3, -0.25) is 4.79 Å². The third kappa shape index (κ3) is 5.00. The number of esters is 1. The van der Waals surface area contributed by atoms with E-state index in [2.05, 4.69) is 0 Å². The van der Waals surface area contributed by atoms with Crippen LogP contribution in [-0.2, 0) is 24.3 Å². The van der Waals surface area contributed by atoms with Crippen molar-refractivity contribution in [2.24, 2.45) is 0 Å². The number of hydrogen-bond donors (Lipinski definition) is 1. The lowest BCUT2D eigenvalue weighted by Gasteiger charge is -2.21. The Bertz CT molecular complexity index is 555. The van der Waals surface area contributed by atoms with E-state index in [1.807, 2.05) is 0 Å². The minimum atomic E-state index is -3.86. The molecule has 0 unspecified atom stereocenters. The van der Waals surface area contributed by atoms with Crippen LogP contribution >= 0.6 is 0 Å². The van der Waals surface area contributed by atoms with Crippen LogP contribution in [0.5, 0.6) is 5.75 Å². The summed E-state index contributed by atoms with van der Waals surface area (Å²) in [7, 11) is -2.42. The fourth-order valence-electron chi connectivity index (χ4n) is 1.60. The molecular weight excluding hydrogens is 298 g/mol. The molecule has 7 nitrogen and oxygen atoms in total. The number of ether oxygens (including phenoxy) is 2. The highest BCUT2D eigenvalue weighted by atomic mass is 32.2. The van der Waals surface area contributed by atoms with E-state index in [1.54, 1.807) is 6.92 Å². The van der Waals surface area contributed by atoms with E-state index in [0.29, 0.717) is 0 Å². The number of aromatic hydroxyl groups is 1. The van der Waals surface area contributed by atoms with Crippen molar-refractivity contribution >= 4 is 16.0 Å². The smallest absolute Gasteiger partial charge is 0.321 e. The van der Waals surface area contributed by atoms with Crippen molar-refractivity contribution < 1.29 is 27.8 Å². The average molecular weight is 317 g/mol. The minimum Gasteiger partial charge on any atom is -0.508 e. The monoisotopic (exact) mass is 317 g/mol. The molecule has 0 aliphatic rings. The molecule has 0 saturated carbocycles. The summed E-state index contributed by atoms with van der Waals surface area (Å²) in [6, 6.07) is 5.09. The van der Waals surface area contributed by atoms with Gasteiger partial charge in [0.15, 0.2) is 0 Å². The summed E-state index contributed by atoms with van der Waals surface area (Å²) in [5.41, 5.74) is 0. The van der Waals surface area contributed by atoms with E-state index in [0.717, 1.165) is 4.31 Å². The first-order chi connectivity index (χ1) is 9.91. The van der Waals surface area contributed by atoms with Crippen LogP contribution in [0.15, 0.2) is 29.2 Å². The van der Waals surface area contributed by atoms with Crippen LogP contribution in [-0.4, -0.2) is 57.2 Å². The Morgan fingerprint density at radius 3 is 2.43 bits per heavy atom. The Labute approximate surface area is 124 Å². The Morgan fingerprint density at radius 1 is 1.29 bits per heavy atom. The number of rotatable bonds is 8. The van der Waals surface area contributed by atoms with Crippen LogP contribution in [0.2, 0.25) is 0 Å². The zero-order valence-electron chi connectivity index (χ0n) is 12.0. The lowest BCUT2D eigenvalue weighted by atomic mass is 10.3. The molecule has 8 heteroatoms. The van der Waals surface area contributed by atoms with Gasteiger partial charge in [0, 0.05) is 13.7 Å². The number of carbonyl (C=O) groups is 1. The normalized spacial score (nSPS) is 11.6. The van der Waals surface area contributed by atoms with Crippen LogP contribution in [0.1, 0.15) is 6.92 Å². The number of methoxy groups -OCH3 is 1. The number of benzene rings is 1. The topological polar surface area (TPSA) is 93.1 Å². The first-order valence-corrected chi connectivity index (χ1v) is 7.79. The van der Waals surface area contributed by atoms with Crippen LogP contribution in [0.25, 0.3) is 0 Å². The van der Waals surface area contributed by atoms with Crippen LogP contribution in [0.3, 0.4) is 0 Å². The summed E-state index contributed by atoms with van der Waals surface area (Å²) in [5.74, 6) is -0.668. The van der Waals surface area contributed by atoms with Gasteiger partial charge in [-0.25, -0.2) is 8.42 Å². The molecule has 0 aliphatic carbocycles. The molecule has 0 fully saturated rings. The third-order valence-electron chi connectivity index (χ3n) is 2.63. The fraction of sp³-hybridized carbons (Fsp3) is 0.462. The fourth-order valence-corrected chi connectivity index (χ4v) is 2.96. The molecule has 118 valence electrons. The van der Waals surface area contributed by atoms with Crippen LogP contribution in [0.4, 0.5) is 0 Å². The van der Waals surface area contributed by atoms with E-state index < -0.39 is 16.0 Å². The van der Waals surface area contributed by atoms with Gasteiger partial charge in [0.05, 0.1) is 18.1 Å². The summed E-state index contributed by atoms with van der Waals surface area (Å²) < 4.78 is 35.6. The Hall–Kier alpha value is -1.64. The number of carbonyl (C=O) groups excluding carboxylic acids is 1. The lowest BCUT2D eigenvalue weighted by molar-refractivity contribution is -0.143. The van der Waals surface area contributed by atoms with Crippen LogP contribution in [0, 0.1) is 0 Å². The largest absolute Gasteiger partial charge is 0.508 e. The molecule has 0 atom stereocenters. The number of phenolic OH excluding ortho intramolecular Hbond substituents is 1. The Kier molecular flexibility index (Phi) is 6.60. The highest BCUT2D eigenvalue weighted by Gasteiger charge is 2.26. The molecule has 0 aromatic heterocycles. The maximum absolute atomic E-state index is 12.5. The van der Waals surface area contributed by atoms with Gasteiger partial charge in [0.2, 0.25) is 10.0 Å². The molecule has 0 spiro atoms. The molecular formula is C13H19NO6S. The highest BCUT2D eigenvalue weighted by Crippen LogP contribution is 2.18. The van der Waals surface area contributed by atoms with E-state index in [1.165, 1.54) is 31.4 Å². The first kappa shape index (κ1) is 17.4. The second-order valence-corrected chi connectivity index (χ2v) is 6.07. The molecule has 0 aliphatic heterocycles. The van der Waals surface area contributed by atoms with E-state index in [9.17, 15) is 18.3 Å². The van der Waals surface area contributed by atoms with Crippen molar-refractivity contribution in [2.45, 2.75) is 11.8 Å². The molecule has 0 saturated heterocycles. The molecule has 0 bridgehead atoms. The lowest BCUT2D eigenvalue weighted by Crippen LogP contribution is -2.38. The second-order valence-electron chi connectivity index (χ2n) is 4.13. The molecule has 0 amide bonds. The van der Waals surface area contributed by atoms with Gasteiger partial charge in [-0.15, -0.1) is 0 Å². The molecule has 1 rings (SSSR count). The Balaban J connectivity index is 2.99. The molecule has 1 aromatic carbocycles. The standard InChI is InChI=1S/C13H19NO6S/c1-3-20-13(16)10-14(8-9-19-2)21(17,18)12-6-4-11(15)5-7-12/h4-7,15H,3,8-10H2,1-2H3. The summed E-state index contributed by atoms with van der Waals surface area (Å²) in [5, 5.41) is 9.22. The Morgan fingerprint density at radius 2 is 1.90 bits per heavy atom. The number of nitrogens with zero attached hydrogens (tertiary/aromatic N) is 1. The van der Waals surface area contributed by atoms with Gasteiger partial charge >= 0.3 is 5.97 Å². The van der Waals surface area contributed by atoms with Crippen molar-refractivity contribution in [3.8, 4) is 5.75 Å². The summed E-state index contributed by atoms with van der Waals surface area (Å²) >= 11 is 0. The number of phenols is 1. The first-order valence-electron chi connectivity index (χ1n) is 6.35. The quantitative estimate of drug-likeness (QED) is 0.706. The zero-order valence-corrected chi connectivity index (χ0v) is 12.8. The van der Waals surface area contributed by atoms with Gasteiger partial charge in [0.1, 0.15) is 12.3 Å². The predicted molar refractivity (Wildman–Crippen MR) is 75.4 cm³/mol. The van der Waals surface area contributed by atoms with Gasteiger partial charge in [-0.05, 0) is 31.2 Å². The van der Waals surface area contributed by atoms with E-state index >= 15 is 0 Å². The maximum atomic E-state index is 12.5. The van der Waals surface area contributed by atoms with Crippen molar-refractivity contribution in [3.05, 3.63) is 24.3 Å². The van der Waals surface area contributed by atoms with Gasteiger partial charge < -0.3 is 14.6 Å². The molecule has 21 heavy (non-hydrogen) atoms. The minimum absolute atomic E-state index is 0.0132.